The van der Waals surface area contributed by atoms with Gasteiger partial charge in [0.25, 0.3) is 5.91 Å². The van der Waals surface area contributed by atoms with Gasteiger partial charge >= 0.3 is 0 Å². The van der Waals surface area contributed by atoms with Gasteiger partial charge < -0.3 is 15.3 Å². The van der Waals surface area contributed by atoms with Crippen molar-refractivity contribution in [3.63, 3.8) is 0 Å². The lowest BCUT2D eigenvalue weighted by molar-refractivity contribution is 0.0581. The summed E-state index contributed by atoms with van der Waals surface area (Å²) >= 11 is 0. The summed E-state index contributed by atoms with van der Waals surface area (Å²) in [5, 5.41) is 15.1. The fraction of sp³-hybridized carbons (Fsp3) is 0.312. The molecule has 1 aliphatic heterocycles. The number of carbonyl (C=O) groups excluding carboxylic acids is 1. The summed E-state index contributed by atoms with van der Waals surface area (Å²) in [5.74, 6) is -0.0523. The van der Waals surface area contributed by atoms with Crippen LogP contribution in [0.1, 0.15) is 10.4 Å². The van der Waals surface area contributed by atoms with Crippen LogP contribution in [0.3, 0.4) is 0 Å². The number of aliphatic hydroxyl groups is 1. The quantitative estimate of drug-likeness (QED) is 0.863. The molecule has 104 valence electrons. The largest absolute Gasteiger partial charge is 0.390 e. The number of nitrogens with one attached hydrogen (secondary N) is 1. The minimum atomic E-state index is -0.496. The van der Waals surface area contributed by atoms with Crippen molar-refractivity contribution in [1.82, 2.24) is 10.2 Å². The molecule has 1 amide bonds. The zero-order valence-electron chi connectivity index (χ0n) is 11.4. The predicted octanol–water partition coefficient (Wildman–Crippen LogP) is 1.24. The molecule has 1 saturated heterocycles. The van der Waals surface area contributed by atoms with E-state index in [1.165, 1.54) is 0 Å². The van der Waals surface area contributed by atoms with Crippen molar-refractivity contribution < 1.29 is 9.90 Å². The summed E-state index contributed by atoms with van der Waals surface area (Å²) in [6.45, 7) is 1.18. The molecule has 2 aromatic carbocycles. The number of fused-ring (bicyclic) bond motifs is 1. The van der Waals surface area contributed by atoms with Crippen molar-refractivity contribution in [2.24, 2.45) is 0 Å². The van der Waals surface area contributed by atoms with Crippen LogP contribution in [-0.4, -0.2) is 48.2 Å². The Kier molecular flexibility index (Phi) is 3.42. The second-order valence-corrected chi connectivity index (χ2v) is 5.27. The van der Waals surface area contributed by atoms with E-state index in [1.54, 1.807) is 11.9 Å². The van der Waals surface area contributed by atoms with E-state index < -0.39 is 6.10 Å². The fourth-order valence-electron chi connectivity index (χ4n) is 2.72. The SMILES string of the molecule is CN(C(=O)c1ccc2ccccc2c1)[C@@H]1CNC[C@H]1O. The van der Waals surface area contributed by atoms with E-state index in [9.17, 15) is 9.90 Å². The number of amides is 1. The number of carbonyl (C=O) groups is 1. The number of aliphatic hydroxyl groups excluding tert-OH is 1. The van der Waals surface area contributed by atoms with E-state index in [-0.39, 0.29) is 11.9 Å². The van der Waals surface area contributed by atoms with E-state index in [0.717, 1.165) is 10.8 Å². The zero-order chi connectivity index (χ0) is 14.1. The molecule has 0 unspecified atom stereocenters. The topological polar surface area (TPSA) is 52.6 Å². The highest BCUT2D eigenvalue weighted by Crippen LogP contribution is 2.18. The Morgan fingerprint density at radius 3 is 2.65 bits per heavy atom. The number of hydrogen-bond donors (Lipinski definition) is 2. The van der Waals surface area contributed by atoms with Gasteiger partial charge in [0.2, 0.25) is 0 Å². The smallest absolute Gasteiger partial charge is 0.254 e. The van der Waals surface area contributed by atoms with Crippen LogP contribution in [0, 0.1) is 0 Å². The number of nitrogens with zero attached hydrogens (tertiary/aromatic N) is 1. The van der Waals surface area contributed by atoms with Gasteiger partial charge in [-0.2, -0.15) is 0 Å². The molecule has 0 aliphatic carbocycles. The summed E-state index contributed by atoms with van der Waals surface area (Å²) in [6.07, 6.45) is -0.496. The van der Waals surface area contributed by atoms with Gasteiger partial charge in [0, 0.05) is 25.7 Å². The molecule has 2 aromatic rings. The molecule has 4 nitrogen and oxygen atoms in total. The molecule has 20 heavy (non-hydrogen) atoms. The maximum absolute atomic E-state index is 12.5. The number of β-amino-alcohol motifs (C(OH)–C–C–N with tert-alkyl or cyclic N) is 1. The van der Waals surface area contributed by atoms with Crippen LogP contribution < -0.4 is 5.32 Å². The van der Waals surface area contributed by atoms with Crippen molar-refractivity contribution in [1.29, 1.82) is 0 Å². The van der Waals surface area contributed by atoms with E-state index in [0.29, 0.717) is 18.7 Å². The Bertz CT molecular complexity index is 641. The van der Waals surface area contributed by atoms with Crippen molar-refractivity contribution in [2.75, 3.05) is 20.1 Å². The Morgan fingerprint density at radius 1 is 1.20 bits per heavy atom. The monoisotopic (exact) mass is 270 g/mol. The third-order valence-corrected chi connectivity index (χ3v) is 3.97. The van der Waals surface area contributed by atoms with Crippen LogP contribution in [0.5, 0.6) is 0 Å². The van der Waals surface area contributed by atoms with Crippen LogP contribution in [0.2, 0.25) is 0 Å². The van der Waals surface area contributed by atoms with Crippen LogP contribution in [-0.2, 0) is 0 Å². The van der Waals surface area contributed by atoms with E-state index in [1.807, 2.05) is 42.5 Å². The number of benzene rings is 2. The van der Waals surface area contributed by atoms with Crippen LogP contribution in [0.15, 0.2) is 42.5 Å². The summed E-state index contributed by atoms with van der Waals surface area (Å²) in [6, 6.07) is 13.5. The summed E-state index contributed by atoms with van der Waals surface area (Å²) in [5.41, 5.74) is 0.658. The minimum Gasteiger partial charge on any atom is -0.390 e. The first-order chi connectivity index (χ1) is 9.66. The molecule has 0 radical (unpaired) electrons. The molecule has 1 aliphatic rings. The first-order valence-electron chi connectivity index (χ1n) is 6.81. The highest BCUT2D eigenvalue weighted by molar-refractivity contribution is 5.98. The van der Waals surface area contributed by atoms with Crippen molar-refractivity contribution in [2.45, 2.75) is 12.1 Å². The molecule has 0 bridgehead atoms. The maximum atomic E-state index is 12.5. The lowest BCUT2D eigenvalue weighted by atomic mass is 10.1. The minimum absolute atomic E-state index is 0.0523. The van der Waals surface area contributed by atoms with E-state index in [4.69, 9.17) is 0 Å². The molecule has 0 saturated carbocycles. The Hall–Kier alpha value is -1.91. The van der Waals surface area contributed by atoms with E-state index in [2.05, 4.69) is 5.32 Å². The summed E-state index contributed by atoms with van der Waals surface area (Å²) in [7, 11) is 1.75. The summed E-state index contributed by atoms with van der Waals surface area (Å²) in [4.78, 5) is 14.1. The normalized spacial score (nSPS) is 22.1. The lowest BCUT2D eigenvalue weighted by Gasteiger charge is -2.26. The fourth-order valence-corrected chi connectivity index (χ4v) is 2.72. The van der Waals surface area contributed by atoms with Gasteiger partial charge in [0.05, 0.1) is 12.1 Å². The zero-order valence-corrected chi connectivity index (χ0v) is 11.4. The molecule has 4 heteroatoms. The predicted molar refractivity (Wildman–Crippen MR) is 78.7 cm³/mol. The number of likely N-dealkylation sites (N-methyl/N-ethyl adjacent to an activating group) is 1. The average Bonchev–Trinajstić information content (AvgIpc) is 2.91. The Labute approximate surface area is 118 Å². The third kappa shape index (κ3) is 2.28. The van der Waals surface area contributed by atoms with Crippen LogP contribution in [0.25, 0.3) is 10.8 Å². The van der Waals surface area contributed by atoms with Gasteiger partial charge in [0.15, 0.2) is 0 Å². The second kappa shape index (κ2) is 5.23. The maximum Gasteiger partial charge on any atom is 0.254 e. The molecule has 0 aromatic heterocycles. The van der Waals surface area contributed by atoms with E-state index >= 15 is 0 Å². The third-order valence-electron chi connectivity index (χ3n) is 3.97. The van der Waals surface area contributed by atoms with Crippen LogP contribution >= 0.6 is 0 Å². The average molecular weight is 270 g/mol. The molecule has 0 spiro atoms. The molecular weight excluding hydrogens is 252 g/mol. The highest BCUT2D eigenvalue weighted by atomic mass is 16.3. The van der Waals surface area contributed by atoms with Gasteiger partial charge in [-0.1, -0.05) is 30.3 Å². The van der Waals surface area contributed by atoms with Crippen molar-refractivity contribution >= 4 is 16.7 Å². The molecule has 3 rings (SSSR count). The van der Waals surface area contributed by atoms with Gasteiger partial charge in [-0.15, -0.1) is 0 Å². The Balaban J connectivity index is 1.88. The van der Waals surface area contributed by atoms with Gasteiger partial charge in [-0.25, -0.2) is 0 Å². The molecule has 1 heterocycles. The highest BCUT2D eigenvalue weighted by Gasteiger charge is 2.31. The number of hydrogen-bond acceptors (Lipinski definition) is 3. The lowest BCUT2D eigenvalue weighted by Crippen LogP contribution is -2.44. The van der Waals surface area contributed by atoms with Crippen molar-refractivity contribution in [3.8, 4) is 0 Å². The first kappa shape index (κ1) is 13.1. The first-order valence-corrected chi connectivity index (χ1v) is 6.81. The Morgan fingerprint density at radius 2 is 1.95 bits per heavy atom. The standard InChI is InChI=1S/C16H18N2O2/c1-18(14-9-17-10-15(14)19)16(20)13-7-6-11-4-2-3-5-12(11)8-13/h2-8,14-15,17,19H,9-10H2,1H3/t14-,15-/m1/s1. The number of rotatable bonds is 2. The molecular formula is C16H18N2O2. The molecule has 1 fully saturated rings. The van der Waals surface area contributed by atoms with Gasteiger partial charge in [0.1, 0.15) is 0 Å². The summed E-state index contributed by atoms with van der Waals surface area (Å²) < 4.78 is 0. The molecule has 2 atom stereocenters. The van der Waals surface area contributed by atoms with Crippen LogP contribution in [0.4, 0.5) is 0 Å². The van der Waals surface area contributed by atoms with Gasteiger partial charge in [-0.05, 0) is 22.9 Å². The second-order valence-electron chi connectivity index (χ2n) is 5.27. The molecule has 2 N–H and O–H groups in total. The van der Waals surface area contributed by atoms with Crippen molar-refractivity contribution in [3.05, 3.63) is 48.0 Å². The van der Waals surface area contributed by atoms with Gasteiger partial charge in [-0.3, -0.25) is 4.79 Å².